The number of nitrogens with zero attached hydrogens (tertiary/aromatic N) is 2. The summed E-state index contributed by atoms with van der Waals surface area (Å²) in [5.41, 5.74) is 1.39. The molecule has 2 rings (SSSR count). The monoisotopic (exact) mass is 300 g/mol. The zero-order valence-electron chi connectivity index (χ0n) is 12.4. The molecular weight excluding hydrogens is 284 g/mol. The fourth-order valence-electron chi connectivity index (χ4n) is 1.86. The van der Waals surface area contributed by atoms with Gasteiger partial charge in [-0.2, -0.15) is 5.26 Å². The van der Waals surface area contributed by atoms with Crippen LogP contribution >= 0.6 is 0 Å². The second kappa shape index (κ2) is 7.27. The Morgan fingerprint density at radius 1 is 1.41 bits per heavy atom. The fraction of sp³-hybridized carbons (Fsp3) is 0.312. The average Bonchev–Trinajstić information content (AvgIpc) is 2.93. The molecule has 0 aliphatic rings. The van der Waals surface area contributed by atoms with Gasteiger partial charge in [-0.15, -0.1) is 0 Å². The second-order valence-corrected chi connectivity index (χ2v) is 4.76. The zero-order chi connectivity index (χ0) is 15.9. The van der Waals surface area contributed by atoms with Gasteiger partial charge in [0.25, 0.3) is 0 Å². The molecule has 1 aromatic carbocycles. The number of carbonyl (C=O) groups is 1. The van der Waals surface area contributed by atoms with Crippen LogP contribution < -0.4 is 4.74 Å². The van der Waals surface area contributed by atoms with Crippen molar-refractivity contribution < 1.29 is 18.8 Å². The third-order valence-electron chi connectivity index (χ3n) is 2.95. The van der Waals surface area contributed by atoms with E-state index >= 15 is 0 Å². The molecule has 0 amide bonds. The van der Waals surface area contributed by atoms with Gasteiger partial charge in [0.2, 0.25) is 0 Å². The van der Waals surface area contributed by atoms with Gasteiger partial charge in [-0.25, -0.2) is 0 Å². The minimum atomic E-state index is -0.455. The molecule has 1 heterocycles. The first-order valence-electron chi connectivity index (χ1n) is 6.80. The molecule has 6 nitrogen and oxygen atoms in total. The van der Waals surface area contributed by atoms with E-state index in [4.69, 9.17) is 19.3 Å². The Morgan fingerprint density at radius 3 is 2.73 bits per heavy atom. The third-order valence-corrected chi connectivity index (χ3v) is 2.95. The number of hydrogen-bond donors (Lipinski definition) is 0. The summed E-state index contributed by atoms with van der Waals surface area (Å²) in [4.78, 5) is 11.9. The van der Waals surface area contributed by atoms with Crippen molar-refractivity contribution in [3.8, 4) is 11.8 Å². The molecule has 0 aliphatic carbocycles. The molecule has 6 heteroatoms. The summed E-state index contributed by atoms with van der Waals surface area (Å²) in [5, 5.41) is 12.3. The largest absolute Gasteiger partial charge is 0.479 e. The van der Waals surface area contributed by atoms with Gasteiger partial charge in [0.1, 0.15) is 29.4 Å². The van der Waals surface area contributed by atoms with Gasteiger partial charge < -0.3 is 14.0 Å². The van der Waals surface area contributed by atoms with Crippen molar-refractivity contribution in [2.45, 2.75) is 26.4 Å². The minimum Gasteiger partial charge on any atom is -0.479 e. The van der Waals surface area contributed by atoms with E-state index in [9.17, 15) is 4.79 Å². The summed E-state index contributed by atoms with van der Waals surface area (Å²) >= 11 is 0. The molecule has 0 aliphatic heterocycles. The fourth-order valence-corrected chi connectivity index (χ4v) is 1.86. The van der Waals surface area contributed by atoms with Gasteiger partial charge in [-0.3, -0.25) is 4.79 Å². The first kappa shape index (κ1) is 15.6. The van der Waals surface area contributed by atoms with Crippen LogP contribution in [0.15, 0.2) is 34.9 Å². The summed E-state index contributed by atoms with van der Waals surface area (Å²) < 4.78 is 15.4. The first-order valence-corrected chi connectivity index (χ1v) is 6.80. The van der Waals surface area contributed by atoms with E-state index < -0.39 is 6.10 Å². The number of rotatable bonds is 6. The highest BCUT2D eigenvalue weighted by molar-refractivity contribution is 5.72. The maximum Gasteiger partial charge on any atom is 0.310 e. The lowest BCUT2D eigenvalue weighted by Gasteiger charge is -2.10. The highest BCUT2D eigenvalue weighted by atomic mass is 16.5. The van der Waals surface area contributed by atoms with Gasteiger partial charge in [-0.05, 0) is 31.5 Å². The van der Waals surface area contributed by atoms with E-state index in [0.29, 0.717) is 17.2 Å². The van der Waals surface area contributed by atoms with E-state index in [1.165, 1.54) is 0 Å². The van der Waals surface area contributed by atoms with Crippen LogP contribution in [0.4, 0.5) is 0 Å². The van der Waals surface area contributed by atoms with Crippen molar-refractivity contribution in [3.05, 3.63) is 47.3 Å². The van der Waals surface area contributed by atoms with Crippen LogP contribution in [0, 0.1) is 18.3 Å². The number of aryl methyl sites for hydroxylation is 1. The summed E-state index contributed by atoms with van der Waals surface area (Å²) in [6.07, 6.45) is -0.303. The number of hydrogen-bond acceptors (Lipinski definition) is 6. The summed E-state index contributed by atoms with van der Waals surface area (Å²) in [6.45, 7) is 3.52. The number of carbonyl (C=O) groups excluding carboxylic acids is 1. The lowest BCUT2D eigenvalue weighted by molar-refractivity contribution is -0.148. The lowest BCUT2D eigenvalue weighted by atomic mass is 10.1. The van der Waals surface area contributed by atoms with Crippen molar-refractivity contribution in [1.82, 2.24) is 5.16 Å². The van der Waals surface area contributed by atoms with Crippen LogP contribution in [0.5, 0.6) is 5.75 Å². The molecule has 1 aromatic heterocycles. The summed E-state index contributed by atoms with van der Waals surface area (Å²) in [7, 11) is 0. The standard InChI is InChI=1S/C16H16N2O4/c1-11-9-15(18-22-11)12(2)21-16(19)10-13-3-5-14(6-4-13)20-8-7-17/h3-6,9,12H,8,10H2,1-2H3/t12-/m0/s1. The molecule has 0 saturated carbocycles. The number of aromatic nitrogens is 1. The van der Waals surface area contributed by atoms with Gasteiger partial charge in [-0.1, -0.05) is 17.3 Å². The van der Waals surface area contributed by atoms with Gasteiger partial charge in [0.05, 0.1) is 6.42 Å². The molecule has 0 radical (unpaired) electrons. The maximum atomic E-state index is 11.9. The molecule has 0 bridgehead atoms. The highest BCUT2D eigenvalue weighted by Crippen LogP contribution is 2.18. The normalized spacial score (nSPS) is 11.5. The SMILES string of the molecule is Cc1cc([C@H](C)OC(=O)Cc2ccc(OCC#N)cc2)no1. The van der Waals surface area contributed by atoms with Gasteiger partial charge in [0.15, 0.2) is 6.61 Å². The Hall–Kier alpha value is -2.81. The van der Waals surface area contributed by atoms with Crippen molar-refractivity contribution in [2.75, 3.05) is 6.61 Å². The molecular formula is C16H16N2O4. The predicted molar refractivity (Wildman–Crippen MR) is 77.0 cm³/mol. The molecule has 2 aromatic rings. The molecule has 22 heavy (non-hydrogen) atoms. The lowest BCUT2D eigenvalue weighted by Crippen LogP contribution is -2.11. The number of benzene rings is 1. The van der Waals surface area contributed by atoms with Crippen LogP contribution in [0.3, 0.4) is 0 Å². The number of nitriles is 1. The van der Waals surface area contributed by atoms with E-state index in [0.717, 1.165) is 5.56 Å². The molecule has 1 atom stereocenters. The van der Waals surface area contributed by atoms with Crippen LogP contribution in [0.25, 0.3) is 0 Å². The Kier molecular flexibility index (Phi) is 5.15. The first-order chi connectivity index (χ1) is 10.6. The van der Waals surface area contributed by atoms with Crippen molar-refractivity contribution in [1.29, 1.82) is 5.26 Å². The van der Waals surface area contributed by atoms with Gasteiger partial charge >= 0.3 is 5.97 Å². The van der Waals surface area contributed by atoms with Gasteiger partial charge in [0, 0.05) is 6.07 Å². The minimum absolute atomic E-state index is 0.00395. The molecule has 0 spiro atoms. The predicted octanol–water partition coefficient (Wildman–Crippen LogP) is 2.73. The molecule has 0 saturated heterocycles. The number of ether oxygens (including phenoxy) is 2. The van der Waals surface area contributed by atoms with E-state index in [1.54, 1.807) is 44.2 Å². The van der Waals surface area contributed by atoms with Crippen molar-refractivity contribution >= 4 is 5.97 Å². The average molecular weight is 300 g/mol. The zero-order valence-corrected chi connectivity index (χ0v) is 12.4. The molecule has 114 valence electrons. The van der Waals surface area contributed by atoms with Crippen molar-refractivity contribution in [2.24, 2.45) is 0 Å². The summed E-state index contributed by atoms with van der Waals surface area (Å²) in [6, 6.07) is 10.6. The van der Waals surface area contributed by atoms with Crippen LogP contribution in [-0.2, 0) is 16.0 Å². The van der Waals surface area contributed by atoms with E-state index in [1.807, 2.05) is 6.07 Å². The van der Waals surface area contributed by atoms with Crippen molar-refractivity contribution in [3.63, 3.8) is 0 Å². The van der Waals surface area contributed by atoms with Crippen LogP contribution in [-0.4, -0.2) is 17.7 Å². The molecule has 0 fully saturated rings. The topological polar surface area (TPSA) is 85.4 Å². The maximum absolute atomic E-state index is 11.9. The van der Waals surface area contributed by atoms with Crippen LogP contribution in [0.2, 0.25) is 0 Å². The second-order valence-electron chi connectivity index (χ2n) is 4.76. The van der Waals surface area contributed by atoms with E-state index in [2.05, 4.69) is 5.16 Å². The highest BCUT2D eigenvalue weighted by Gasteiger charge is 2.15. The third kappa shape index (κ3) is 4.35. The Bertz CT molecular complexity index is 670. The Labute approximate surface area is 128 Å². The molecule has 0 unspecified atom stereocenters. The molecule has 0 N–H and O–H groups in total. The smallest absolute Gasteiger partial charge is 0.310 e. The summed E-state index contributed by atoms with van der Waals surface area (Å²) in [5.74, 6) is 0.912. The number of esters is 1. The Balaban J connectivity index is 1.87. The van der Waals surface area contributed by atoms with Crippen LogP contribution in [0.1, 0.15) is 30.0 Å². The van der Waals surface area contributed by atoms with E-state index in [-0.39, 0.29) is 19.0 Å². The Morgan fingerprint density at radius 2 is 2.14 bits per heavy atom. The quantitative estimate of drug-likeness (QED) is 0.762.